The second-order valence-corrected chi connectivity index (χ2v) is 19.1. The van der Waals surface area contributed by atoms with Crippen molar-refractivity contribution in [2.45, 2.75) is 0 Å². The SMILES string of the molecule is c1ccc(-c2ccc(-n3c4ccccc4c4ccc5c6ccccc6n(-c6nc(-c7cc(-c8ccccc8)cc(-c8ccccc8)c7)nc(-c7cccc8oc9cccc(-c%10ccccc%10)c9c78)n6)c5c43)cc2)cc1. The third-order valence-corrected chi connectivity index (χ3v) is 14.8. The van der Waals surface area contributed by atoms with E-state index < -0.39 is 0 Å². The summed E-state index contributed by atoms with van der Waals surface area (Å²) in [5.74, 6) is 1.59. The smallest absolute Gasteiger partial charge is 0.238 e. The Kier molecular flexibility index (Phi) is 9.78. The van der Waals surface area contributed by atoms with Crippen LogP contribution in [-0.2, 0) is 0 Å². The second kappa shape index (κ2) is 17.3. The van der Waals surface area contributed by atoms with Gasteiger partial charge in [-0.05, 0) is 99.1 Å². The Balaban J connectivity index is 1.06. The average molecular weight is 958 g/mol. The topological polar surface area (TPSA) is 61.7 Å². The number of nitrogens with zero attached hydrogens (tertiary/aromatic N) is 5. The summed E-state index contributed by atoms with van der Waals surface area (Å²) >= 11 is 0. The standard InChI is InChI=1S/C69H43N5O/c1-5-19-44(20-6-1)47-35-37-52(38-36-47)73-59-31-15-13-27-54(59)56-39-40-57-55-28-14-16-32-60(55)74(66(57)65(56)73)69-71-67(51-42-49(45-21-7-2-8-22-45)41-50(43-51)46-23-9-3-10-24-46)70-68(72-69)58-30-18-34-62-64(58)63-53(29-17-33-61(63)75-62)48-25-11-4-12-26-48/h1-43H. The van der Waals surface area contributed by atoms with Crippen molar-refractivity contribution in [1.29, 1.82) is 0 Å². The zero-order valence-corrected chi connectivity index (χ0v) is 40.5. The highest BCUT2D eigenvalue weighted by atomic mass is 16.3. The molecule has 11 aromatic carbocycles. The van der Waals surface area contributed by atoms with E-state index in [-0.39, 0.29) is 0 Å². The molecule has 0 N–H and O–H groups in total. The lowest BCUT2D eigenvalue weighted by Gasteiger charge is -2.15. The Hall–Kier alpha value is -10.2. The molecule has 0 spiro atoms. The fourth-order valence-electron chi connectivity index (χ4n) is 11.4. The molecule has 6 nitrogen and oxygen atoms in total. The van der Waals surface area contributed by atoms with E-state index in [2.05, 4.69) is 252 Å². The van der Waals surface area contributed by atoms with Crippen molar-refractivity contribution in [2.24, 2.45) is 0 Å². The van der Waals surface area contributed by atoms with Crippen molar-refractivity contribution >= 4 is 65.6 Å². The van der Waals surface area contributed by atoms with E-state index in [1.165, 1.54) is 5.56 Å². The molecule has 15 aromatic rings. The molecule has 15 rings (SSSR count). The third-order valence-electron chi connectivity index (χ3n) is 14.8. The number of benzene rings is 11. The van der Waals surface area contributed by atoms with Gasteiger partial charge in [-0.2, -0.15) is 9.97 Å². The molecular formula is C69H43N5O. The summed E-state index contributed by atoms with van der Waals surface area (Å²) in [5.41, 5.74) is 17.3. The quantitative estimate of drug-likeness (QED) is 0.152. The maximum Gasteiger partial charge on any atom is 0.238 e. The molecule has 0 atom stereocenters. The first kappa shape index (κ1) is 42.5. The molecule has 4 heterocycles. The first-order valence-electron chi connectivity index (χ1n) is 25.3. The zero-order chi connectivity index (χ0) is 49.4. The highest BCUT2D eigenvalue weighted by Gasteiger charge is 2.25. The number of aromatic nitrogens is 5. The van der Waals surface area contributed by atoms with Crippen LogP contribution in [0.4, 0.5) is 0 Å². The Labute approximate surface area is 431 Å². The van der Waals surface area contributed by atoms with E-state index in [0.717, 1.165) is 121 Å². The van der Waals surface area contributed by atoms with Gasteiger partial charge in [0.2, 0.25) is 5.95 Å². The van der Waals surface area contributed by atoms with Crippen LogP contribution in [-0.4, -0.2) is 24.1 Å². The highest BCUT2D eigenvalue weighted by molar-refractivity contribution is 6.24. The number of hydrogen-bond donors (Lipinski definition) is 0. The molecule has 0 amide bonds. The van der Waals surface area contributed by atoms with E-state index in [9.17, 15) is 0 Å². The largest absolute Gasteiger partial charge is 0.456 e. The van der Waals surface area contributed by atoms with E-state index in [1.807, 2.05) is 18.2 Å². The lowest BCUT2D eigenvalue weighted by atomic mass is 9.95. The minimum absolute atomic E-state index is 0.504. The molecular weight excluding hydrogens is 915 g/mol. The first-order valence-corrected chi connectivity index (χ1v) is 25.3. The van der Waals surface area contributed by atoms with Gasteiger partial charge in [0.25, 0.3) is 0 Å². The van der Waals surface area contributed by atoms with Crippen LogP contribution >= 0.6 is 0 Å². The summed E-state index contributed by atoms with van der Waals surface area (Å²) in [5, 5.41) is 6.45. The number of hydrogen-bond acceptors (Lipinski definition) is 4. The fourth-order valence-corrected chi connectivity index (χ4v) is 11.4. The molecule has 0 fully saturated rings. The predicted molar refractivity (Wildman–Crippen MR) is 308 cm³/mol. The van der Waals surface area contributed by atoms with Crippen molar-refractivity contribution in [2.75, 3.05) is 0 Å². The van der Waals surface area contributed by atoms with Crippen molar-refractivity contribution in [3.05, 3.63) is 261 Å². The van der Waals surface area contributed by atoms with E-state index in [0.29, 0.717) is 17.6 Å². The molecule has 0 saturated heterocycles. The lowest BCUT2D eigenvalue weighted by molar-refractivity contribution is 0.669. The van der Waals surface area contributed by atoms with E-state index in [4.69, 9.17) is 19.4 Å². The fraction of sp³-hybridized carbons (Fsp3) is 0. The molecule has 0 radical (unpaired) electrons. The molecule has 0 bridgehead atoms. The van der Waals surface area contributed by atoms with Gasteiger partial charge < -0.3 is 8.98 Å². The summed E-state index contributed by atoms with van der Waals surface area (Å²) in [6.45, 7) is 0. The van der Waals surface area contributed by atoms with Gasteiger partial charge in [0.1, 0.15) is 11.2 Å². The summed E-state index contributed by atoms with van der Waals surface area (Å²) in [6, 6.07) is 92.2. The molecule has 0 aliphatic carbocycles. The minimum atomic E-state index is 0.504. The van der Waals surface area contributed by atoms with Gasteiger partial charge in [0.15, 0.2) is 11.6 Å². The van der Waals surface area contributed by atoms with Crippen LogP contribution < -0.4 is 0 Å². The van der Waals surface area contributed by atoms with Gasteiger partial charge in [-0.1, -0.05) is 206 Å². The average Bonchev–Trinajstić information content (AvgIpc) is 4.27. The zero-order valence-electron chi connectivity index (χ0n) is 40.5. The first-order chi connectivity index (χ1) is 37.2. The molecule has 0 aliphatic rings. The van der Waals surface area contributed by atoms with E-state index >= 15 is 0 Å². The van der Waals surface area contributed by atoms with Crippen LogP contribution in [0.1, 0.15) is 0 Å². The molecule has 0 unspecified atom stereocenters. The van der Waals surface area contributed by atoms with Crippen LogP contribution in [0.25, 0.3) is 144 Å². The summed E-state index contributed by atoms with van der Waals surface area (Å²) in [4.78, 5) is 16.9. The van der Waals surface area contributed by atoms with Crippen molar-refractivity contribution in [3.63, 3.8) is 0 Å². The monoisotopic (exact) mass is 957 g/mol. The Morgan fingerprint density at radius 2 is 0.720 bits per heavy atom. The molecule has 6 heteroatoms. The van der Waals surface area contributed by atoms with Crippen molar-refractivity contribution in [3.8, 4) is 78.9 Å². The normalized spacial score (nSPS) is 11.7. The maximum atomic E-state index is 6.72. The van der Waals surface area contributed by atoms with Gasteiger partial charge in [0.05, 0.1) is 22.1 Å². The summed E-state index contributed by atoms with van der Waals surface area (Å²) in [6.07, 6.45) is 0. The molecule has 4 aromatic heterocycles. The van der Waals surface area contributed by atoms with Gasteiger partial charge in [-0.15, -0.1) is 0 Å². The third kappa shape index (κ3) is 6.99. The Morgan fingerprint density at radius 1 is 0.280 bits per heavy atom. The highest BCUT2D eigenvalue weighted by Crippen LogP contribution is 2.44. The molecule has 0 aliphatic heterocycles. The summed E-state index contributed by atoms with van der Waals surface area (Å²) < 4.78 is 11.4. The van der Waals surface area contributed by atoms with E-state index in [1.54, 1.807) is 0 Å². The summed E-state index contributed by atoms with van der Waals surface area (Å²) in [7, 11) is 0. The van der Waals surface area contributed by atoms with Gasteiger partial charge in [0, 0.05) is 49.1 Å². The van der Waals surface area contributed by atoms with Crippen LogP contribution in [0.5, 0.6) is 0 Å². The maximum absolute atomic E-state index is 6.72. The van der Waals surface area contributed by atoms with Crippen LogP contribution in [0.3, 0.4) is 0 Å². The molecule has 75 heavy (non-hydrogen) atoms. The lowest BCUT2D eigenvalue weighted by Crippen LogP contribution is -2.07. The van der Waals surface area contributed by atoms with Crippen LogP contribution in [0.2, 0.25) is 0 Å². The van der Waals surface area contributed by atoms with Crippen molar-refractivity contribution in [1.82, 2.24) is 24.1 Å². The van der Waals surface area contributed by atoms with Gasteiger partial charge >= 0.3 is 0 Å². The number of furan rings is 1. The van der Waals surface area contributed by atoms with Gasteiger partial charge in [-0.25, -0.2) is 4.98 Å². The predicted octanol–water partition coefficient (Wildman–Crippen LogP) is 18.0. The van der Waals surface area contributed by atoms with Crippen molar-refractivity contribution < 1.29 is 4.42 Å². The van der Waals surface area contributed by atoms with Crippen LogP contribution in [0, 0.1) is 0 Å². The Morgan fingerprint density at radius 3 is 1.31 bits per heavy atom. The number of para-hydroxylation sites is 2. The minimum Gasteiger partial charge on any atom is -0.456 e. The molecule has 0 saturated carbocycles. The number of fused-ring (bicyclic) bond motifs is 10. The Bertz CT molecular complexity index is 4620. The van der Waals surface area contributed by atoms with Crippen LogP contribution in [0.15, 0.2) is 265 Å². The second-order valence-electron chi connectivity index (χ2n) is 19.1. The van der Waals surface area contributed by atoms with Gasteiger partial charge in [-0.3, -0.25) is 4.57 Å². The number of rotatable bonds is 8. The molecule has 350 valence electrons.